The quantitative estimate of drug-likeness (QED) is 0.346. The third-order valence-corrected chi connectivity index (χ3v) is 8.29. The first-order valence-corrected chi connectivity index (χ1v) is 14.0. The maximum absolute atomic E-state index is 13.5. The van der Waals surface area contributed by atoms with E-state index in [1.54, 1.807) is 6.20 Å². The Bertz CT molecular complexity index is 1380. The van der Waals surface area contributed by atoms with E-state index < -0.39 is 16.8 Å². The van der Waals surface area contributed by atoms with Crippen molar-refractivity contribution in [3.8, 4) is 5.75 Å². The molecule has 7 nitrogen and oxygen atoms in total. The number of hydrogen-bond acceptors (Lipinski definition) is 7. The molecular weight excluding hydrogens is 498 g/mol. The van der Waals surface area contributed by atoms with Crippen molar-refractivity contribution >= 4 is 26.6 Å². The van der Waals surface area contributed by atoms with Crippen LogP contribution in [0.25, 0.3) is 11.1 Å². The molecule has 2 aliphatic rings. The molecule has 2 atom stereocenters. The molecule has 202 valence electrons. The van der Waals surface area contributed by atoms with Crippen LogP contribution in [0.2, 0.25) is 5.04 Å². The number of fused-ring (bicyclic) bond motifs is 4. The van der Waals surface area contributed by atoms with Crippen molar-refractivity contribution < 1.29 is 27.8 Å². The number of furan rings is 1. The highest BCUT2D eigenvalue weighted by atomic mass is 28.2. The largest absolute Gasteiger partial charge is 0.491 e. The molecule has 1 aliphatic heterocycles. The van der Waals surface area contributed by atoms with E-state index in [1.165, 1.54) is 0 Å². The zero-order valence-electron chi connectivity index (χ0n) is 23.7. The summed E-state index contributed by atoms with van der Waals surface area (Å²) in [5, 5.41) is 0.0569. The van der Waals surface area contributed by atoms with Gasteiger partial charge in [-0.1, -0.05) is 20.8 Å². The Balaban J connectivity index is 1.39. The normalized spacial score (nSPS) is 22.4. The number of aromatic nitrogens is 1. The average Bonchev–Trinajstić information content (AvgIpc) is 3.38. The molecule has 38 heavy (non-hydrogen) atoms. The van der Waals surface area contributed by atoms with Crippen molar-refractivity contribution in [3.05, 3.63) is 59.0 Å². The molecule has 0 unspecified atom stereocenters. The number of hydrogen-bond donors (Lipinski definition) is 0. The molecule has 2 aromatic heterocycles. The predicted molar refractivity (Wildman–Crippen MR) is 146 cm³/mol. The smallest absolute Gasteiger partial charge is 0.236 e. The van der Waals surface area contributed by atoms with Crippen LogP contribution in [0.5, 0.6) is 5.75 Å². The lowest BCUT2D eigenvalue weighted by Gasteiger charge is -2.36. The van der Waals surface area contributed by atoms with Crippen LogP contribution in [0.15, 0.2) is 40.9 Å². The number of pyridine rings is 1. The van der Waals surface area contributed by atoms with Gasteiger partial charge < -0.3 is 23.1 Å². The minimum atomic E-state index is -0.750. The van der Waals surface area contributed by atoms with Gasteiger partial charge in [-0.25, -0.2) is 0 Å². The van der Waals surface area contributed by atoms with Gasteiger partial charge in [0.05, 0.1) is 11.2 Å². The minimum Gasteiger partial charge on any atom is -0.491 e. The molecule has 1 saturated heterocycles. The van der Waals surface area contributed by atoms with E-state index in [0.29, 0.717) is 43.5 Å². The van der Waals surface area contributed by atoms with Gasteiger partial charge in [-0.2, -0.15) is 0 Å². The van der Waals surface area contributed by atoms with Gasteiger partial charge in [0.25, 0.3) is 0 Å². The maximum atomic E-state index is 13.5. The summed E-state index contributed by atoms with van der Waals surface area (Å²) in [6.07, 6.45) is 1.04. The second-order valence-electron chi connectivity index (χ2n) is 12.8. The Morgan fingerprint density at radius 1 is 1.05 bits per heavy atom. The number of nitrogens with zero attached hydrogens (tertiary/aromatic N) is 1. The second-order valence-corrected chi connectivity index (χ2v) is 14.7. The fourth-order valence-corrected chi connectivity index (χ4v) is 5.92. The molecule has 3 aromatic rings. The molecule has 3 heterocycles. The Labute approximate surface area is 227 Å². The molecule has 2 radical (unpaired) electrons. The molecule has 1 aliphatic carbocycles. The standard InChI is InChI=1S/C30H37NO6Si/c1-27(2,3)38-37-29(6,7)25-21(35-30(8,9)36-25)16-33-17-12-13-18-19(15-17)28(4,5)26-22(24(18)32)23-20(34-26)11-10-14-31-23/h10-15,21,25H,16H2,1-9H3/t21-,25-/m1/s1. The fourth-order valence-electron chi connectivity index (χ4n) is 5.23. The van der Waals surface area contributed by atoms with Crippen LogP contribution in [0.1, 0.15) is 89.6 Å². The lowest BCUT2D eigenvalue weighted by molar-refractivity contribution is -0.162. The first kappa shape index (κ1) is 27.1. The first-order valence-electron chi connectivity index (χ1n) is 13.1. The molecule has 8 heteroatoms. The molecule has 0 spiro atoms. The fraction of sp³-hybridized carbons (Fsp3) is 0.533. The van der Waals surface area contributed by atoms with E-state index in [2.05, 4.69) is 39.6 Å². The summed E-state index contributed by atoms with van der Waals surface area (Å²) < 4.78 is 31.3. The van der Waals surface area contributed by atoms with Crippen molar-refractivity contribution in [1.29, 1.82) is 0 Å². The Morgan fingerprint density at radius 3 is 2.50 bits per heavy atom. The highest BCUT2D eigenvalue weighted by Gasteiger charge is 2.50. The molecule has 5 rings (SSSR count). The van der Waals surface area contributed by atoms with Gasteiger partial charge in [0.1, 0.15) is 35.8 Å². The molecular formula is C30H37NO6Si. The monoisotopic (exact) mass is 535 g/mol. The van der Waals surface area contributed by atoms with E-state index >= 15 is 0 Å². The van der Waals surface area contributed by atoms with Gasteiger partial charge in [0.2, 0.25) is 9.76 Å². The number of carbonyl (C=O) groups excluding carboxylic acids is 1. The van der Waals surface area contributed by atoms with Crippen LogP contribution in [0, 0.1) is 0 Å². The summed E-state index contributed by atoms with van der Waals surface area (Å²) in [6.45, 7) is 18.8. The molecule has 0 saturated carbocycles. The summed E-state index contributed by atoms with van der Waals surface area (Å²) >= 11 is 0. The lowest BCUT2D eigenvalue weighted by Crippen LogP contribution is -2.48. The summed E-state index contributed by atoms with van der Waals surface area (Å²) in [5.41, 5.74) is 2.17. The van der Waals surface area contributed by atoms with E-state index in [-0.39, 0.29) is 29.6 Å². The summed E-state index contributed by atoms with van der Waals surface area (Å²) in [5.74, 6) is 0.463. The Kier molecular flexibility index (Phi) is 6.42. The van der Waals surface area contributed by atoms with Gasteiger partial charge in [0, 0.05) is 17.2 Å². The third-order valence-electron chi connectivity index (χ3n) is 7.05. The van der Waals surface area contributed by atoms with Crippen molar-refractivity contribution in [2.75, 3.05) is 6.61 Å². The number of rotatable bonds is 6. The van der Waals surface area contributed by atoms with Crippen LogP contribution >= 0.6 is 0 Å². The van der Waals surface area contributed by atoms with Gasteiger partial charge >= 0.3 is 0 Å². The van der Waals surface area contributed by atoms with Gasteiger partial charge in [-0.15, -0.1) is 0 Å². The first-order chi connectivity index (χ1) is 17.6. The SMILES string of the molecule is CC1(C)O[C@@H](C(C)(C)O[Si]C(C)(C)C)[C@@H](COc2ccc3c(c2)C(C)(C)c2oc4cccnc4c2C3=O)O1. The van der Waals surface area contributed by atoms with Crippen molar-refractivity contribution in [1.82, 2.24) is 4.98 Å². The number of ether oxygens (including phenoxy) is 3. The van der Waals surface area contributed by atoms with Crippen LogP contribution in [0.4, 0.5) is 0 Å². The minimum absolute atomic E-state index is 0.0569. The number of ketones is 1. The molecule has 0 N–H and O–H groups in total. The van der Waals surface area contributed by atoms with E-state index in [0.717, 1.165) is 5.56 Å². The molecule has 0 bridgehead atoms. The van der Waals surface area contributed by atoms with Crippen LogP contribution in [-0.2, 0) is 19.3 Å². The van der Waals surface area contributed by atoms with Gasteiger partial charge in [-0.05, 0) is 82.5 Å². The topological polar surface area (TPSA) is 80.0 Å². The molecule has 1 fully saturated rings. The van der Waals surface area contributed by atoms with E-state index in [9.17, 15) is 4.79 Å². The maximum Gasteiger partial charge on any atom is 0.236 e. The number of carbonyl (C=O) groups is 1. The molecule has 1 aromatic carbocycles. The highest BCUT2D eigenvalue weighted by Crippen LogP contribution is 2.46. The van der Waals surface area contributed by atoms with Gasteiger partial charge in [0.15, 0.2) is 17.2 Å². The summed E-state index contributed by atoms with van der Waals surface area (Å²) in [6, 6.07) is 9.27. The number of benzene rings is 1. The third kappa shape index (κ3) is 4.83. The lowest BCUT2D eigenvalue weighted by atomic mass is 9.72. The van der Waals surface area contributed by atoms with Crippen LogP contribution in [-0.4, -0.2) is 50.7 Å². The van der Waals surface area contributed by atoms with Gasteiger partial charge in [-0.3, -0.25) is 9.78 Å². The van der Waals surface area contributed by atoms with Crippen LogP contribution in [0.3, 0.4) is 0 Å². The summed E-state index contributed by atoms with van der Waals surface area (Å²) in [4.78, 5) is 17.9. The van der Waals surface area contributed by atoms with E-state index in [1.807, 2.05) is 58.0 Å². The summed E-state index contributed by atoms with van der Waals surface area (Å²) in [7, 11) is 0.320. The van der Waals surface area contributed by atoms with Crippen molar-refractivity contribution in [3.63, 3.8) is 0 Å². The van der Waals surface area contributed by atoms with Crippen molar-refractivity contribution in [2.45, 2.75) is 96.4 Å². The second kappa shape index (κ2) is 9.01. The highest BCUT2D eigenvalue weighted by molar-refractivity contribution is 6.31. The Hall–Kier alpha value is -2.52. The predicted octanol–water partition coefficient (Wildman–Crippen LogP) is 6.23. The van der Waals surface area contributed by atoms with Crippen molar-refractivity contribution in [2.24, 2.45) is 0 Å². The van der Waals surface area contributed by atoms with Crippen LogP contribution < -0.4 is 4.74 Å². The van der Waals surface area contributed by atoms with E-state index in [4.69, 9.17) is 23.1 Å². The Morgan fingerprint density at radius 2 is 1.79 bits per heavy atom. The average molecular weight is 536 g/mol. The zero-order chi connectivity index (χ0) is 27.7. The zero-order valence-corrected chi connectivity index (χ0v) is 24.7. The molecule has 0 amide bonds.